The first kappa shape index (κ1) is 14.1. The van der Waals surface area contributed by atoms with Gasteiger partial charge in [-0.2, -0.15) is 5.10 Å². The van der Waals surface area contributed by atoms with Gasteiger partial charge in [-0.25, -0.2) is 4.98 Å². The number of aromatic nitrogens is 3. The number of aromatic amines is 1. The Kier molecular flexibility index (Phi) is 3.92. The lowest BCUT2D eigenvalue weighted by atomic mass is 10.1. The van der Waals surface area contributed by atoms with Gasteiger partial charge in [0.05, 0.1) is 6.04 Å². The minimum Gasteiger partial charge on any atom is -0.318 e. The van der Waals surface area contributed by atoms with E-state index in [1.165, 1.54) is 0 Å². The first-order chi connectivity index (χ1) is 10.1. The Hall–Kier alpha value is -1.88. The normalized spacial score (nSPS) is 12.3. The van der Waals surface area contributed by atoms with Gasteiger partial charge in [-0.1, -0.05) is 47.5 Å². The molecule has 0 bridgehead atoms. The van der Waals surface area contributed by atoms with Gasteiger partial charge < -0.3 is 5.73 Å². The number of hydrogen-bond donors (Lipinski definition) is 2. The van der Waals surface area contributed by atoms with Gasteiger partial charge >= 0.3 is 0 Å². The van der Waals surface area contributed by atoms with E-state index < -0.39 is 0 Å². The minimum absolute atomic E-state index is 0.386. The van der Waals surface area contributed by atoms with Gasteiger partial charge in [-0.05, 0) is 29.8 Å². The number of rotatable bonds is 3. The van der Waals surface area contributed by atoms with E-state index in [9.17, 15) is 0 Å². The van der Waals surface area contributed by atoms with E-state index in [-0.39, 0.29) is 6.04 Å². The van der Waals surface area contributed by atoms with Gasteiger partial charge in [0.2, 0.25) is 0 Å². The topological polar surface area (TPSA) is 67.6 Å². The summed E-state index contributed by atoms with van der Waals surface area (Å²) in [5.74, 6) is 1.16. The molecule has 3 N–H and O–H groups in total. The largest absolute Gasteiger partial charge is 0.318 e. The molecule has 1 atom stereocenters. The molecule has 4 nitrogen and oxygen atoms in total. The van der Waals surface area contributed by atoms with Crippen molar-refractivity contribution in [3.8, 4) is 11.4 Å². The number of H-pyrrole nitrogens is 1. The number of nitrogens with zero attached hydrogens (tertiary/aromatic N) is 2. The highest BCUT2D eigenvalue weighted by molar-refractivity contribution is 6.31. The van der Waals surface area contributed by atoms with Crippen molar-refractivity contribution in [3.63, 3.8) is 0 Å². The molecule has 0 aliphatic heterocycles. The van der Waals surface area contributed by atoms with Gasteiger partial charge in [0.1, 0.15) is 5.82 Å². The van der Waals surface area contributed by atoms with Crippen LogP contribution in [-0.2, 0) is 0 Å². The van der Waals surface area contributed by atoms with Crippen molar-refractivity contribution in [1.82, 2.24) is 15.2 Å². The van der Waals surface area contributed by atoms with Crippen molar-refractivity contribution >= 4 is 23.2 Å². The van der Waals surface area contributed by atoms with E-state index in [0.717, 1.165) is 11.1 Å². The quantitative estimate of drug-likeness (QED) is 0.771. The summed E-state index contributed by atoms with van der Waals surface area (Å²) in [6, 6.07) is 14.3. The molecule has 3 rings (SSSR count). The van der Waals surface area contributed by atoms with Gasteiger partial charge in [-0.15, -0.1) is 0 Å². The minimum atomic E-state index is -0.386. The van der Waals surface area contributed by atoms with Crippen LogP contribution in [0.25, 0.3) is 11.4 Å². The second-order valence-corrected chi connectivity index (χ2v) is 5.46. The average molecular weight is 319 g/mol. The summed E-state index contributed by atoms with van der Waals surface area (Å²) in [5, 5.41) is 8.37. The van der Waals surface area contributed by atoms with Crippen LogP contribution in [0.1, 0.15) is 17.4 Å². The van der Waals surface area contributed by atoms with Gasteiger partial charge in [0, 0.05) is 15.6 Å². The molecule has 0 radical (unpaired) electrons. The predicted molar refractivity (Wildman–Crippen MR) is 84.3 cm³/mol. The number of halogens is 2. The van der Waals surface area contributed by atoms with E-state index in [1.54, 1.807) is 18.2 Å². The maximum atomic E-state index is 6.18. The van der Waals surface area contributed by atoms with E-state index in [0.29, 0.717) is 21.7 Å². The van der Waals surface area contributed by atoms with E-state index >= 15 is 0 Å². The molecule has 0 amide bonds. The van der Waals surface area contributed by atoms with Crippen LogP contribution in [0.4, 0.5) is 0 Å². The first-order valence-corrected chi connectivity index (χ1v) is 7.08. The zero-order valence-corrected chi connectivity index (χ0v) is 12.4. The maximum absolute atomic E-state index is 6.18. The van der Waals surface area contributed by atoms with Crippen molar-refractivity contribution in [2.75, 3.05) is 0 Å². The van der Waals surface area contributed by atoms with Crippen LogP contribution in [0.5, 0.6) is 0 Å². The molecule has 0 fully saturated rings. The lowest BCUT2D eigenvalue weighted by molar-refractivity contribution is 0.787. The maximum Gasteiger partial charge on any atom is 0.181 e. The third kappa shape index (κ3) is 3.08. The van der Waals surface area contributed by atoms with Crippen molar-refractivity contribution < 1.29 is 0 Å². The summed E-state index contributed by atoms with van der Waals surface area (Å²) < 4.78 is 0. The third-order valence-corrected chi connectivity index (χ3v) is 3.60. The summed E-state index contributed by atoms with van der Waals surface area (Å²) in [6.07, 6.45) is 0. The molecule has 21 heavy (non-hydrogen) atoms. The van der Waals surface area contributed by atoms with Crippen molar-refractivity contribution in [3.05, 3.63) is 70.0 Å². The molecule has 3 aromatic rings. The van der Waals surface area contributed by atoms with Crippen LogP contribution in [0.15, 0.2) is 48.5 Å². The summed E-state index contributed by atoms with van der Waals surface area (Å²) in [6.45, 7) is 0. The fourth-order valence-electron chi connectivity index (χ4n) is 2.00. The predicted octanol–water partition coefficient (Wildman–Crippen LogP) is 3.83. The Morgan fingerprint density at radius 1 is 1.00 bits per heavy atom. The molecule has 2 aromatic carbocycles. The summed E-state index contributed by atoms with van der Waals surface area (Å²) in [5.41, 5.74) is 7.94. The average Bonchev–Trinajstić information content (AvgIpc) is 2.97. The highest BCUT2D eigenvalue weighted by Gasteiger charge is 2.14. The molecule has 6 heteroatoms. The van der Waals surface area contributed by atoms with Gasteiger partial charge in [0.25, 0.3) is 0 Å². The molecular formula is C15H12Cl2N4. The molecule has 0 saturated heterocycles. The lowest BCUT2D eigenvalue weighted by Gasteiger charge is -2.08. The molecule has 0 aliphatic rings. The molecular weight excluding hydrogens is 307 g/mol. The molecule has 1 heterocycles. The molecule has 1 aromatic heterocycles. The number of hydrogen-bond acceptors (Lipinski definition) is 3. The smallest absolute Gasteiger partial charge is 0.181 e. The van der Waals surface area contributed by atoms with Crippen LogP contribution in [0.3, 0.4) is 0 Å². The number of benzene rings is 2. The molecule has 106 valence electrons. The second kappa shape index (κ2) is 5.85. The van der Waals surface area contributed by atoms with Crippen LogP contribution >= 0.6 is 23.2 Å². The molecule has 0 spiro atoms. The first-order valence-electron chi connectivity index (χ1n) is 6.33. The van der Waals surface area contributed by atoms with Crippen LogP contribution in [0, 0.1) is 0 Å². The standard InChI is InChI=1S/C15H12Cl2N4/c16-11-6-4-9(5-7-11)13(18)15-19-14(20-21-15)10-2-1-3-12(17)8-10/h1-8,13H,18H2,(H,19,20,21)/t13-/m0/s1. The van der Waals surface area contributed by atoms with Crippen molar-refractivity contribution in [2.24, 2.45) is 5.73 Å². The van der Waals surface area contributed by atoms with Crippen LogP contribution < -0.4 is 5.73 Å². The van der Waals surface area contributed by atoms with Crippen molar-refractivity contribution in [2.45, 2.75) is 6.04 Å². The van der Waals surface area contributed by atoms with Crippen LogP contribution in [0.2, 0.25) is 10.0 Å². The fraction of sp³-hybridized carbons (Fsp3) is 0.0667. The zero-order valence-electron chi connectivity index (χ0n) is 10.9. The Bertz CT molecular complexity index is 752. The summed E-state index contributed by atoms with van der Waals surface area (Å²) >= 11 is 11.8. The summed E-state index contributed by atoms with van der Waals surface area (Å²) in [7, 11) is 0. The summed E-state index contributed by atoms with van der Waals surface area (Å²) in [4.78, 5) is 4.44. The van der Waals surface area contributed by atoms with Crippen LogP contribution in [-0.4, -0.2) is 15.2 Å². The fourth-order valence-corrected chi connectivity index (χ4v) is 2.31. The SMILES string of the molecule is N[C@@H](c1ccc(Cl)cc1)c1nc(-c2cccc(Cl)c2)n[nH]1. The molecule has 0 aliphatic carbocycles. The van der Waals surface area contributed by atoms with E-state index in [2.05, 4.69) is 15.2 Å². The second-order valence-electron chi connectivity index (χ2n) is 4.58. The third-order valence-electron chi connectivity index (χ3n) is 3.11. The van der Waals surface area contributed by atoms with E-state index in [1.807, 2.05) is 30.3 Å². The van der Waals surface area contributed by atoms with Gasteiger partial charge in [-0.3, -0.25) is 5.10 Å². The Labute approximate surface area is 131 Å². The molecule has 0 saturated carbocycles. The monoisotopic (exact) mass is 318 g/mol. The highest BCUT2D eigenvalue weighted by Crippen LogP contribution is 2.23. The van der Waals surface area contributed by atoms with E-state index in [4.69, 9.17) is 28.9 Å². The number of nitrogens with one attached hydrogen (secondary N) is 1. The highest BCUT2D eigenvalue weighted by atomic mass is 35.5. The van der Waals surface area contributed by atoms with Gasteiger partial charge in [0.15, 0.2) is 5.82 Å². The Morgan fingerprint density at radius 2 is 1.76 bits per heavy atom. The number of nitrogens with two attached hydrogens (primary N) is 1. The van der Waals surface area contributed by atoms with Crippen molar-refractivity contribution in [1.29, 1.82) is 0 Å². The zero-order chi connectivity index (χ0) is 14.8. The Morgan fingerprint density at radius 3 is 2.48 bits per heavy atom. The Balaban J connectivity index is 1.89. The lowest BCUT2D eigenvalue weighted by Crippen LogP contribution is -2.13. The molecule has 0 unspecified atom stereocenters.